The van der Waals surface area contributed by atoms with Crippen molar-refractivity contribution >= 4 is 10.9 Å². The lowest BCUT2D eigenvalue weighted by Gasteiger charge is -2.10. The molecule has 4 nitrogen and oxygen atoms in total. The maximum Gasteiger partial charge on any atom is 0.146 e. The van der Waals surface area contributed by atoms with Crippen LogP contribution in [0.5, 0.6) is 0 Å². The van der Waals surface area contributed by atoms with Crippen molar-refractivity contribution in [2.24, 2.45) is 12.8 Å². The number of nitrogens with zero attached hydrogens (tertiary/aromatic N) is 3. The Balaban J connectivity index is 2.17. The van der Waals surface area contributed by atoms with E-state index in [2.05, 4.69) is 10.1 Å². The Bertz CT molecular complexity index is 735. The zero-order valence-electron chi connectivity index (χ0n) is 10.4. The molecule has 0 aliphatic carbocycles. The second-order valence-electron chi connectivity index (χ2n) is 4.40. The van der Waals surface area contributed by atoms with E-state index in [-0.39, 0.29) is 0 Å². The van der Waals surface area contributed by atoms with Crippen LogP contribution in [0.15, 0.2) is 42.7 Å². The predicted molar refractivity (Wildman–Crippen MR) is 70.9 cm³/mol. The first-order valence-corrected chi connectivity index (χ1v) is 5.95. The molecule has 0 saturated heterocycles. The number of hydrogen-bond donors (Lipinski definition) is 1. The standard InChI is InChI=1S/C14H13FN4/c1-19-12-5-3-2-4-10(12)14(18-19)13(16)9-6-7-17-8-11(9)15/h2-8,13H,16H2,1H3. The van der Waals surface area contributed by atoms with Gasteiger partial charge in [-0.3, -0.25) is 9.67 Å². The highest BCUT2D eigenvalue weighted by atomic mass is 19.1. The van der Waals surface area contributed by atoms with E-state index in [1.54, 1.807) is 10.7 Å². The van der Waals surface area contributed by atoms with Crippen LogP contribution in [-0.4, -0.2) is 14.8 Å². The van der Waals surface area contributed by atoms with E-state index >= 15 is 0 Å². The van der Waals surface area contributed by atoms with Gasteiger partial charge in [0.05, 0.1) is 23.4 Å². The molecule has 96 valence electrons. The number of fused-ring (bicyclic) bond motifs is 1. The van der Waals surface area contributed by atoms with Gasteiger partial charge in [0.25, 0.3) is 0 Å². The molecule has 0 amide bonds. The molecule has 2 N–H and O–H groups in total. The van der Waals surface area contributed by atoms with Gasteiger partial charge in [-0.1, -0.05) is 18.2 Å². The number of nitrogens with two attached hydrogens (primary N) is 1. The van der Waals surface area contributed by atoms with Crippen molar-refractivity contribution in [2.45, 2.75) is 6.04 Å². The lowest BCUT2D eigenvalue weighted by molar-refractivity contribution is 0.589. The van der Waals surface area contributed by atoms with Crippen molar-refractivity contribution in [3.8, 4) is 0 Å². The third kappa shape index (κ3) is 1.88. The summed E-state index contributed by atoms with van der Waals surface area (Å²) in [6.07, 6.45) is 2.70. The number of para-hydroxylation sites is 1. The fourth-order valence-corrected chi connectivity index (χ4v) is 2.26. The summed E-state index contributed by atoms with van der Waals surface area (Å²) in [6, 6.07) is 8.74. The van der Waals surface area contributed by atoms with Gasteiger partial charge in [0.2, 0.25) is 0 Å². The quantitative estimate of drug-likeness (QED) is 0.764. The monoisotopic (exact) mass is 256 g/mol. The average Bonchev–Trinajstić information content (AvgIpc) is 2.77. The van der Waals surface area contributed by atoms with Crippen molar-refractivity contribution in [3.05, 3.63) is 59.8 Å². The van der Waals surface area contributed by atoms with Crippen molar-refractivity contribution in [2.75, 3.05) is 0 Å². The van der Waals surface area contributed by atoms with E-state index in [0.717, 1.165) is 10.9 Å². The second-order valence-corrected chi connectivity index (χ2v) is 4.40. The fourth-order valence-electron chi connectivity index (χ4n) is 2.26. The summed E-state index contributed by atoms with van der Waals surface area (Å²) in [6.45, 7) is 0. The molecule has 3 rings (SSSR count). The van der Waals surface area contributed by atoms with Gasteiger partial charge in [-0.15, -0.1) is 0 Å². The first-order valence-electron chi connectivity index (χ1n) is 5.95. The number of pyridine rings is 1. The third-order valence-corrected chi connectivity index (χ3v) is 3.22. The molecule has 0 bridgehead atoms. The molecular weight excluding hydrogens is 243 g/mol. The minimum atomic E-state index is -0.603. The van der Waals surface area contributed by atoms with Gasteiger partial charge in [-0.05, 0) is 12.1 Å². The predicted octanol–water partition coefficient (Wildman–Crippen LogP) is 2.16. The highest BCUT2D eigenvalue weighted by molar-refractivity contribution is 5.82. The van der Waals surface area contributed by atoms with Crippen LogP contribution < -0.4 is 5.73 Å². The molecule has 1 unspecified atom stereocenters. The van der Waals surface area contributed by atoms with Gasteiger partial charge >= 0.3 is 0 Å². The maximum atomic E-state index is 13.8. The number of benzene rings is 1. The van der Waals surface area contributed by atoms with E-state index in [0.29, 0.717) is 11.3 Å². The van der Waals surface area contributed by atoms with Crippen LogP contribution in [-0.2, 0) is 7.05 Å². The summed E-state index contributed by atoms with van der Waals surface area (Å²) in [7, 11) is 1.85. The average molecular weight is 256 g/mol. The summed E-state index contributed by atoms with van der Waals surface area (Å²) in [5.74, 6) is -0.412. The molecule has 2 aromatic heterocycles. The molecule has 2 heterocycles. The zero-order valence-corrected chi connectivity index (χ0v) is 10.4. The summed E-state index contributed by atoms with van der Waals surface area (Å²) in [5.41, 5.74) is 8.20. The summed E-state index contributed by atoms with van der Waals surface area (Å²) in [5, 5.41) is 5.35. The Labute approximate surface area is 109 Å². The normalized spacial score (nSPS) is 12.8. The highest BCUT2D eigenvalue weighted by Crippen LogP contribution is 2.27. The third-order valence-electron chi connectivity index (χ3n) is 3.22. The van der Waals surface area contributed by atoms with Gasteiger partial charge in [-0.25, -0.2) is 4.39 Å². The molecule has 0 aliphatic heterocycles. The Morgan fingerprint density at radius 3 is 2.84 bits per heavy atom. The fraction of sp³-hybridized carbons (Fsp3) is 0.143. The Kier molecular flexibility index (Phi) is 2.76. The van der Waals surface area contributed by atoms with Crippen molar-refractivity contribution in [1.82, 2.24) is 14.8 Å². The van der Waals surface area contributed by atoms with Crippen LogP contribution in [0.25, 0.3) is 10.9 Å². The van der Waals surface area contributed by atoms with E-state index in [4.69, 9.17) is 5.73 Å². The van der Waals surface area contributed by atoms with Gasteiger partial charge in [0.15, 0.2) is 0 Å². The van der Waals surface area contributed by atoms with Crippen LogP contribution in [0.4, 0.5) is 4.39 Å². The number of aromatic nitrogens is 3. The lowest BCUT2D eigenvalue weighted by Crippen LogP contribution is -2.15. The highest BCUT2D eigenvalue weighted by Gasteiger charge is 2.19. The molecule has 1 atom stereocenters. The first-order chi connectivity index (χ1) is 9.18. The largest absolute Gasteiger partial charge is 0.319 e. The second kappa shape index (κ2) is 4.44. The van der Waals surface area contributed by atoms with E-state index in [1.165, 1.54) is 12.4 Å². The maximum absolute atomic E-state index is 13.8. The molecule has 0 aliphatic rings. The molecule has 5 heteroatoms. The summed E-state index contributed by atoms with van der Waals surface area (Å²) in [4.78, 5) is 3.73. The molecule has 3 aromatic rings. The van der Waals surface area contributed by atoms with E-state index in [1.807, 2.05) is 31.3 Å². The smallest absolute Gasteiger partial charge is 0.146 e. The zero-order chi connectivity index (χ0) is 13.4. The lowest BCUT2D eigenvalue weighted by atomic mass is 10.0. The number of aryl methyl sites for hydroxylation is 1. The van der Waals surface area contributed by atoms with Crippen LogP contribution in [0.1, 0.15) is 17.3 Å². The molecule has 0 saturated carbocycles. The molecule has 19 heavy (non-hydrogen) atoms. The number of hydrogen-bond acceptors (Lipinski definition) is 3. The van der Waals surface area contributed by atoms with Gasteiger partial charge in [0.1, 0.15) is 5.82 Å². The Hall–Kier alpha value is -2.27. The molecule has 1 aromatic carbocycles. The van der Waals surface area contributed by atoms with Crippen LogP contribution in [0.3, 0.4) is 0 Å². The Morgan fingerprint density at radius 2 is 2.05 bits per heavy atom. The number of halogens is 1. The SMILES string of the molecule is Cn1nc(C(N)c2ccncc2F)c2ccccc21. The minimum absolute atomic E-state index is 0.402. The summed E-state index contributed by atoms with van der Waals surface area (Å²) >= 11 is 0. The van der Waals surface area contributed by atoms with Gasteiger partial charge in [0, 0.05) is 24.2 Å². The van der Waals surface area contributed by atoms with Crippen molar-refractivity contribution in [3.63, 3.8) is 0 Å². The van der Waals surface area contributed by atoms with Crippen molar-refractivity contribution < 1.29 is 4.39 Å². The van der Waals surface area contributed by atoms with Gasteiger partial charge < -0.3 is 5.73 Å². The molecular formula is C14H13FN4. The molecule has 0 fully saturated rings. The Morgan fingerprint density at radius 1 is 1.26 bits per heavy atom. The first kappa shape index (κ1) is 11.8. The van der Waals surface area contributed by atoms with Crippen LogP contribution >= 0.6 is 0 Å². The van der Waals surface area contributed by atoms with E-state index in [9.17, 15) is 4.39 Å². The number of rotatable bonds is 2. The van der Waals surface area contributed by atoms with Gasteiger partial charge in [-0.2, -0.15) is 5.10 Å². The van der Waals surface area contributed by atoms with Crippen molar-refractivity contribution in [1.29, 1.82) is 0 Å². The van der Waals surface area contributed by atoms with E-state index < -0.39 is 11.9 Å². The van der Waals surface area contributed by atoms with Crippen LogP contribution in [0, 0.1) is 5.82 Å². The van der Waals surface area contributed by atoms with Crippen LogP contribution in [0.2, 0.25) is 0 Å². The molecule has 0 radical (unpaired) electrons. The minimum Gasteiger partial charge on any atom is -0.319 e. The summed E-state index contributed by atoms with van der Waals surface area (Å²) < 4.78 is 15.5. The topological polar surface area (TPSA) is 56.7 Å². The molecule has 0 spiro atoms.